The molecule has 1 aliphatic rings. The van der Waals surface area contributed by atoms with Gasteiger partial charge in [0.25, 0.3) is 5.91 Å². The van der Waals surface area contributed by atoms with E-state index >= 15 is 0 Å². The molecule has 0 bridgehead atoms. The van der Waals surface area contributed by atoms with Gasteiger partial charge in [0.15, 0.2) is 0 Å². The minimum absolute atomic E-state index is 0.0547. The molecule has 0 radical (unpaired) electrons. The Hall–Kier alpha value is -0.550. The molecular weight excluding hydrogens is 321 g/mol. The summed E-state index contributed by atoms with van der Waals surface area (Å²) in [5.74, 6) is -0.0731. The summed E-state index contributed by atoms with van der Waals surface area (Å²) in [6.07, 6.45) is 1.75. The molecule has 0 atom stereocenters. The first-order valence-corrected chi connectivity index (χ1v) is 7.60. The van der Waals surface area contributed by atoms with Crippen LogP contribution in [0.25, 0.3) is 6.08 Å². The summed E-state index contributed by atoms with van der Waals surface area (Å²) in [6.45, 7) is 3.87. The summed E-state index contributed by atoms with van der Waals surface area (Å²) in [6, 6.07) is 5.23. The summed E-state index contributed by atoms with van der Waals surface area (Å²) in [5.41, 5.74) is 0.760. The van der Waals surface area contributed by atoms with Gasteiger partial charge in [-0.15, -0.1) is 0 Å². The molecule has 0 N–H and O–H groups in total. The number of benzene rings is 1. The van der Waals surface area contributed by atoms with Crippen molar-refractivity contribution in [2.24, 2.45) is 0 Å². The maximum Gasteiger partial charge on any atom is 0.266 e. The number of carbonyl (C=O) groups is 1. The van der Waals surface area contributed by atoms with E-state index < -0.39 is 0 Å². The summed E-state index contributed by atoms with van der Waals surface area (Å²) in [4.78, 5) is 14.4. The number of amides is 1. The molecule has 19 heavy (non-hydrogen) atoms. The number of halogens is 2. The lowest BCUT2D eigenvalue weighted by Gasteiger charge is -2.18. The van der Waals surface area contributed by atoms with Crippen LogP contribution in [-0.4, -0.2) is 21.2 Å². The van der Waals surface area contributed by atoms with Crippen molar-refractivity contribution < 1.29 is 4.79 Å². The van der Waals surface area contributed by atoms with Crippen molar-refractivity contribution in [2.45, 2.75) is 19.9 Å². The van der Waals surface area contributed by atoms with Gasteiger partial charge in [0.1, 0.15) is 4.32 Å². The van der Waals surface area contributed by atoms with Crippen molar-refractivity contribution in [2.75, 3.05) is 0 Å². The number of rotatable bonds is 2. The van der Waals surface area contributed by atoms with Crippen LogP contribution in [-0.2, 0) is 4.79 Å². The van der Waals surface area contributed by atoms with Crippen molar-refractivity contribution in [3.05, 3.63) is 38.7 Å². The molecule has 0 aliphatic carbocycles. The fourth-order valence-corrected chi connectivity index (χ4v) is 3.66. The number of thioether (sulfide) groups is 1. The van der Waals surface area contributed by atoms with Crippen molar-refractivity contribution in [3.63, 3.8) is 0 Å². The van der Waals surface area contributed by atoms with E-state index in [2.05, 4.69) is 0 Å². The van der Waals surface area contributed by atoms with Gasteiger partial charge in [0.05, 0.1) is 4.91 Å². The molecule has 1 heterocycles. The molecule has 1 amide bonds. The van der Waals surface area contributed by atoms with Crippen LogP contribution in [0.2, 0.25) is 10.0 Å². The smallest absolute Gasteiger partial charge is 0.266 e. The van der Waals surface area contributed by atoms with Crippen molar-refractivity contribution >= 4 is 63.5 Å². The van der Waals surface area contributed by atoms with E-state index in [0.29, 0.717) is 19.3 Å². The Morgan fingerprint density at radius 3 is 2.58 bits per heavy atom. The third-order valence-electron chi connectivity index (χ3n) is 2.59. The lowest BCUT2D eigenvalue weighted by Crippen LogP contribution is -2.34. The first-order chi connectivity index (χ1) is 8.90. The molecule has 1 aromatic carbocycles. The van der Waals surface area contributed by atoms with E-state index in [1.54, 1.807) is 29.2 Å². The van der Waals surface area contributed by atoms with Gasteiger partial charge < -0.3 is 0 Å². The van der Waals surface area contributed by atoms with Gasteiger partial charge in [-0.3, -0.25) is 9.69 Å². The number of thiocarbonyl (C=S) groups is 1. The molecule has 2 rings (SSSR count). The van der Waals surface area contributed by atoms with Crippen molar-refractivity contribution in [1.82, 2.24) is 4.90 Å². The topological polar surface area (TPSA) is 20.3 Å². The summed E-state index contributed by atoms with van der Waals surface area (Å²) in [7, 11) is 0. The third kappa shape index (κ3) is 3.14. The predicted molar refractivity (Wildman–Crippen MR) is 86.6 cm³/mol. The molecule has 100 valence electrons. The van der Waals surface area contributed by atoms with Gasteiger partial charge >= 0.3 is 0 Å². The lowest BCUT2D eigenvalue weighted by molar-refractivity contribution is -0.123. The fraction of sp³-hybridized carbons (Fsp3) is 0.231. The van der Waals surface area contributed by atoms with Crippen LogP contribution in [0.5, 0.6) is 0 Å². The van der Waals surface area contributed by atoms with Gasteiger partial charge in [-0.05, 0) is 37.6 Å². The summed E-state index contributed by atoms with van der Waals surface area (Å²) < 4.78 is 0.580. The molecule has 2 nitrogen and oxygen atoms in total. The first kappa shape index (κ1) is 14.9. The molecule has 0 spiro atoms. The minimum Gasteiger partial charge on any atom is -0.290 e. The lowest BCUT2D eigenvalue weighted by atomic mass is 10.2. The SMILES string of the molecule is CC(C)N1C(=O)C(=Cc2ccc(Cl)cc2Cl)SC1=S. The Labute approximate surface area is 131 Å². The van der Waals surface area contributed by atoms with Gasteiger partial charge in [0.2, 0.25) is 0 Å². The van der Waals surface area contributed by atoms with E-state index in [1.807, 2.05) is 13.8 Å². The first-order valence-electron chi connectivity index (χ1n) is 5.62. The maximum absolute atomic E-state index is 12.2. The number of carbonyl (C=O) groups excluding carboxylic acids is 1. The molecule has 1 aliphatic heterocycles. The Morgan fingerprint density at radius 1 is 1.37 bits per heavy atom. The Balaban J connectivity index is 2.35. The second kappa shape index (κ2) is 5.83. The van der Waals surface area contributed by atoms with Crippen LogP contribution < -0.4 is 0 Å². The molecular formula is C13H11Cl2NOS2. The highest BCUT2D eigenvalue weighted by molar-refractivity contribution is 8.26. The molecule has 0 aromatic heterocycles. The molecule has 0 saturated carbocycles. The Morgan fingerprint density at radius 2 is 2.05 bits per heavy atom. The third-order valence-corrected chi connectivity index (χ3v) is 4.48. The second-order valence-electron chi connectivity index (χ2n) is 4.31. The highest BCUT2D eigenvalue weighted by atomic mass is 35.5. The van der Waals surface area contributed by atoms with E-state index in [-0.39, 0.29) is 11.9 Å². The number of hydrogen-bond donors (Lipinski definition) is 0. The van der Waals surface area contributed by atoms with E-state index in [1.165, 1.54) is 11.8 Å². The summed E-state index contributed by atoms with van der Waals surface area (Å²) >= 11 is 18.4. The van der Waals surface area contributed by atoms with Crippen LogP contribution in [0.4, 0.5) is 0 Å². The van der Waals surface area contributed by atoms with Gasteiger partial charge in [-0.2, -0.15) is 0 Å². The maximum atomic E-state index is 12.2. The van der Waals surface area contributed by atoms with Gasteiger partial charge in [0, 0.05) is 16.1 Å². The normalized spacial score (nSPS) is 17.9. The molecule has 1 fully saturated rings. The van der Waals surface area contributed by atoms with E-state index in [4.69, 9.17) is 35.4 Å². The minimum atomic E-state index is -0.0731. The zero-order chi connectivity index (χ0) is 14.2. The Kier molecular flexibility index (Phi) is 4.56. The second-order valence-corrected chi connectivity index (χ2v) is 6.83. The van der Waals surface area contributed by atoms with Crippen LogP contribution in [0.3, 0.4) is 0 Å². The zero-order valence-corrected chi connectivity index (χ0v) is 13.5. The fourth-order valence-electron chi connectivity index (χ4n) is 1.68. The highest BCUT2D eigenvalue weighted by Crippen LogP contribution is 2.35. The predicted octanol–water partition coefficient (Wildman–Crippen LogP) is 4.60. The van der Waals surface area contributed by atoms with Crippen LogP contribution in [0, 0.1) is 0 Å². The van der Waals surface area contributed by atoms with Crippen molar-refractivity contribution in [3.8, 4) is 0 Å². The average Bonchev–Trinajstić information content (AvgIpc) is 2.58. The zero-order valence-electron chi connectivity index (χ0n) is 10.3. The molecule has 1 saturated heterocycles. The monoisotopic (exact) mass is 331 g/mol. The number of nitrogens with zero attached hydrogens (tertiary/aromatic N) is 1. The average molecular weight is 332 g/mol. The van der Waals surface area contributed by atoms with Crippen molar-refractivity contribution in [1.29, 1.82) is 0 Å². The largest absolute Gasteiger partial charge is 0.290 e. The standard InChI is InChI=1S/C13H11Cl2NOS2/c1-7(2)16-12(17)11(19-13(16)18)5-8-3-4-9(14)6-10(8)15/h3-7H,1-2H3. The van der Waals surface area contributed by atoms with Crippen LogP contribution >= 0.6 is 47.2 Å². The summed E-state index contributed by atoms with van der Waals surface area (Å²) in [5, 5.41) is 1.08. The van der Waals surface area contributed by atoms with Crippen LogP contribution in [0.1, 0.15) is 19.4 Å². The molecule has 6 heteroatoms. The highest BCUT2D eigenvalue weighted by Gasteiger charge is 2.33. The van der Waals surface area contributed by atoms with Gasteiger partial charge in [-0.1, -0.05) is 53.2 Å². The van der Waals surface area contributed by atoms with Gasteiger partial charge in [-0.25, -0.2) is 0 Å². The molecule has 0 unspecified atom stereocenters. The van der Waals surface area contributed by atoms with Crippen LogP contribution in [0.15, 0.2) is 23.1 Å². The quantitative estimate of drug-likeness (QED) is 0.583. The molecule has 1 aromatic rings. The Bertz CT molecular complexity index is 584. The number of hydrogen-bond acceptors (Lipinski definition) is 3. The van der Waals surface area contributed by atoms with E-state index in [0.717, 1.165) is 5.56 Å². The van der Waals surface area contributed by atoms with E-state index in [9.17, 15) is 4.79 Å².